The van der Waals surface area contributed by atoms with Crippen LogP contribution in [0, 0.1) is 0 Å². The van der Waals surface area contributed by atoms with Gasteiger partial charge in [0, 0.05) is 18.7 Å². The van der Waals surface area contributed by atoms with Gasteiger partial charge in [0.1, 0.15) is 18.0 Å². The van der Waals surface area contributed by atoms with Gasteiger partial charge in [0.15, 0.2) is 0 Å². The second-order valence-electron chi connectivity index (χ2n) is 5.77. The molecule has 0 radical (unpaired) electrons. The van der Waals surface area contributed by atoms with Crippen LogP contribution in [-0.2, 0) is 0 Å². The monoisotopic (exact) mass is 280 g/mol. The van der Waals surface area contributed by atoms with E-state index in [1.807, 2.05) is 13.8 Å². The van der Waals surface area contributed by atoms with Crippen LogP contribution < -0.4 is 10.6 Å². The summed E-state index contributed by atoms with van der Waals surface area (Å²) in [5.41, 5.74) is 0.355. The lowest BCUT2D eigenvalue weighted by Crippen LogP contribution is -2.33. The van der Waals surface area contributed by atoms with Gasteiger partial charge >= 0.3 is 0 Å². The highest BCUT2D eigenvalue weighted by atomic mass is 16.3. The molecule has 20 heavy (non-hydrogen) atoms. The summed E-state index contributed by atoms with van der Waals surface area (Å²) in [6.07, 6.45) is 3.28. The lowest BCUT2D eigenvalue weighted by Gasteiger charge is -2.25. The van der Waals surface area contributed by atoms with Crippen molar-refractivity contribution in [2.75, 3.05) is 23.7 Å². The molecule has 0 spiro atoms. The maximum atomic E-state index is 10.3. The topological polar surface area (TPSA) is 70.1 Å². The van der Waals surface area contributed by atoms with E-state index < -0.39 is 5.60 Å². The Hall–Kier alpha value is -1.36. The van der Waals surface area contributed by atoms with E-state index in [2.05, 4.69) is 41.4 Å². The Balaban J connectivity index is 2.91. The zero-order valence-corrected chi connectivity index (χ0v) is 13.3. The Morgan fingerprint density at radius 1 is 1.20 bits per heavy atom. The van der Waals surface area contributed by atoms with E-state index in [4.69, 9.17) is 0 Å². The van der Waals surface area contributed by atoms with Gasteiger partial charge in [-0.1, -0.05) is 27.2 Å². The van der Waals surface area contributed by atoms with E-state index in [1.165, 1.54) is 0 Å². The Bertz CT molecular complexity index is 418. The fourth-order valence-corrected chi connectivity index (χ4v) is 2.29. The third-order valence-electron chi connectivity index (χ3n) is 3.23. The first-order valence-corrected chi connectivity index (χ1v) is 7.46. The quantitative estimate of drug-likeness (QED) is 0.683. The summed E-state index contributed by atoms with van der Waals surface area (Å²) in [6.45, 7) is 11.5. The highest BCUT2D eigenvalue weighted by Gasteiger charge is 2.21. The molecule has 0 aliphatic carbocycles. The van der Waals surface area contributed by atoms with Gasteiger partial charge < -0.3 is 15.7 Å². The molecular formula is C15H28N4O. The first kappa shape index (κ1) is 16.7. The zero-order chi connectivity index (χ0) is 15.2. The van der Waals surface area contributed by atoms with Gasteiger partial charge in [-0.2, -0.15) is 0 Å². The number of rotatable bonds is 8. The predicted octanol–water partition coefficient (Wildman–Crippen LogP) is 2.99. The molecule has 0 aliphatic heterocycles. The van der Waals surface area contributed by atoms with Crippen molar-refractivity contribution in [1.29, 1.82) is 0 Å². The average Bonchev–Trinajstić information content (AvgIpc) is 2.36. The van der Waals surface area contributed by atoms with Crippen LogP contribution in [0.5, 0.6) is 0 Å². The Kier molecular flexibility index (Phi) is 6.20. The first-order chi connectivity index (χ1) is 9.41. The number of hydrogen-bond donors (Lipinski definition) is 3. The summed E-state index contributed by atoms with van der Waals surface area (Å²) < 4.78 is 0. The minimum atomic E-state index is -0.716. The second-order valence-corrected chi connectivity index (χ2v) is 5.77. The maximum absolute atomic E-state index is 10.3. The summed E-state index contributed by atoms with van der Waals surface area (Å²) in [4.78, 5) is 8.64. The fraction of sp³-hybridized carbons (Fsp3) is 0.733. The van der Waals surface area contributed by atoms with Crippen molar-refractivity contribution in [3.63, 3.8) is 0 Å². The lowest BCUT2D eigenvalue weighted by atomic mass is 10.00. The Morgan fingerprint density at radius 3 is 2.30 bits per heavy atom. The molecule has 0 fully saturated rings. The van der Waals surface area contributed by atoms with E-state index in [0.29, 0.717) is 12.5 Å². The maximum Gasteiger partial charge on any atom is 0.135 e. The summed E-state index contributed by atoms with van der Waals surface area (Å²) in [5, 5.41) is 16.8. The molecule has 0 aliphatic rings. The third-order valence-corrected chi connectivity index (χ3v) is 3.23. The lowest BCUT2D eigenvalue weighted by molar-refractivity contribution is 0.0636. The van der Waals surface area contributed by atoms with Crippen LogP contribution in [0.2, 0.25) is 0 Å². The molecule has 114 valence electrons. The molecule has 1 atom stereocenters. The van der Waals surface area contributed by atoms with Crippen LogP contribution in [0.3, 0.4) is 0 Å². The average molecular weight is 280 g/mol. The standard InChI is InChI=1S/C15H28N4O/c1-6-8-15(5,20)9-17-14-12(11(3)4)13(16-7-2)18-10-19-14/h10-11,20H,6-9H2,1-5H3,(H2,16,17,18,19). The number of hydrogen-bond acceptors (Lipinski definition) is 5. The minimum Gasteiger partial charge on any atom is -0.388 e. The molecule has 3 N–H and O–H groups in total. The first-order valence-electron chi connectivity index (χ1n) is 7.46. The number of nitrogens with zero attached hydrogens (tertiary/aromatic N) is 2. The molecule has 1 aromatic rings. The summed E-state index contributed by atoms with van der Waals surface area (Å²) in [6, 6.07) is 0. The van der Waals surface area contributed by atoms with Gasteiger partial charge in [0.05, 0.1) is 5.60 Å². The van der Waals surface area contributed by atoms with Crippen molar-refractivity contribution < 1.29 is 5.11 Å². The highest BCUT2D eigenvalue weighted by Crippen LogP contribution is 2.28. The van der Waals surface area contributed by atoms with E-state index in [0.717, 1.165) is 36.6 Å². The van der Waals surface area contributed by atoms with Crippen LogP contribution >= 0.6 is 0 Å². The zero-order valence-electron chi connectivity index (χ0n) is 13.3. The number of nitrogens with one attached hydrogen (secondary N) is 2. The Morgan fingerprint density at radius 2 is 1.80 bits per heavy atom. The van der Waals surface area contributed by atoms with Crippen molar-refractivity contribution in [3.8, 4) is 0 Å². The summed E-state index contributed by atoms with van der Waals surface area (Å²) >= 11 is 0. The van der Waals surface area contributed by atoms with Crippen molar-refractivity contribution in [2.45, 2.75) is 59.0 Å². The molecule has 0 amide bonds. The van der Waals surface area contributed by atoms with E-state index in [1.54, 1.807) is 6.33 Å². The van der Waals surface area contributed by atoms with Crippen molar-refractivity contribution in [1.82, 2.24) is 9.97 Å². The number of anilines is 2. The van der Waals surface area contributed by atoms with Crippen LogP contribution in [-0.4, -0.2) is 33.8 Å². The van der Waals surface area contributed by atoms with Crippen LogP contribution in [0.25, 0.3) is 0 Å². The van der Waals surface area contributed by atoms with Gasteiger partial charge in [0.2, 0.25) is 0 Å². The van der Waals surface area contributed by atoms with Crippen molar-refractivity contribution in [2.24, 2.45) is 0 Å². The normalized spacial score (nSPS) is 14.2. The smallest absolute Gasteiger partial charge is 0.135 e. The molecule has 1 unspecified atom stereocenters. The van der Waals surface area contributed by atoms with Crippen molar-refractivity contribution in [3.05, 3.63) is 11.9 Å². The number of aliphatic hydroxyl groups is 1. The predicted molar refractivity (Wildman–Crippen MR) is 84.3 cm³/mol. The van der Waals surface area contributed by atoms with E-state index in [9.17, 15) is 5.11 Å². The van der Waals surface area contributed by atoms with Gasteiger partial charge in [-0.05, 0) is 26.2 Å². The third kappa shape index (κ3) is 4.63. The SMILES string of the molecule is CCCC(C)(O)CNc1ncnc(NCC)c1C(C)C. The van der Waals surface area contributed by atoms with Crippen LogP contribution in [0.15, 0.2) is 6.33 Å². The van der Waals surface area contributed by atoms with Crippen LogP contribution in [0.1, 0.15) is 58.9 Å². The van der Waals surface area contributed by atoms with Gasteiger partial charge in [-0.15, -0.1) is 0 Å². The van der Waals surface area contributed by atoms with Gasteiger partial charge in [-0.25, -0.2) is 9.97 Å². The van der Waals surface area contributed by atoms with Gasteiger partial charge in [-0.3, -0.25) is 0 Å². The summed E-state index contributed by atoms with van der Waals surface area (Å²) in [7, 11) is 0. The van der Waals surface area contributed by atoms with Gasteiger partial charge in [0.25, 0.3) is 0 Å². The van der Waals surface area contributed by atoms with Crippen molar-refractivity contribution >= 4 is 11.6 Å². The summed E-state index contributed by atoms with van der Waals surface area (Å²) in [5.74, 6) is 1.99. The molecule has 0 bridgehead atoms. The molecule has 5 nitrogen and oxygen atoms in total. The molecule has 5 heteroatoms. The molecule has 0 saturated heterocycles. The number of aromatic nitrogens is 2. The largest absolute Gasteiger partial charge is 0.388 e. The fourth-order valence-electron chi connectivity index (χ4n) is 2.29. The molecule has 0 aromatic carbocycles. The minimum absolute atomic E-state index is 0.309. The second kappa shape index (κ2) is 7.43. The highest BCUT2D eigenvalue weighted by molar-refractivity contribution is 5.59. The molecule has 1 rings (SSSR count). The van der Waals surface area contributed by atoms with Crippen LogP contribution in [0.4, 0.5) is 11.6 Å². The molecular weight excluding hydrogens is 252 g/mol. The molecule has 0 saturated carbocycles. The molecule has 1 aromatic heterocycles. The molecule has 1 heterocycles. The van der Waals surface area contributed by atoms with E-state index in [-0.39, 0.29) is 0 Å². The van der Waals surface area contributed by atoms with E-state index >= 15 is 0 Å². The Labute approximate surface area is 122 Å².